The molecule has 1 amide bonds. The van der Waals surface area contributed by atoms with Crippen LogP contribution in [-0.2, 0) is 19.5 Å². The molecule has 3 rings (SSSR count). The largest absolute Gasteiger partial charge is 0.390 e. The molecular weight excluding hydrogens is 452 g/mol. The Morgan fingerprint density at radius 3 is 2.32 bits per heavy atom. The van der Waals surface area contributed by atoms with Crippen molar-refractivity contribution < 1.29 is 18.0 Å². The van der Waals surface area contributed by atoms with E-state index in [-0.39, 0.29) is 10.8 Å². The zero-order valence-corrected chi connectivity index (χ0v) is 21.4. The van der Waals surface area contributed by atoms with Gasteiger partial charge in [-0.1, -0.05) is 43.0 Å². The fourth-order valence-electron chi connectivity index (χ4n) is 3.97. The average molecular weight is 487 g/mol. The van der Waals surface area contributed by atoms with Crippen LogP contribution in [0.25, 0.3) is 0 Å². The van der Waals surface area contributed by atoms with Crippen molar-refractivity contribution in [2.24, 2.45) is 11.1 Å². The van der Waals surface area contributed by atoms with Gasteiger partial charge < -0.3 is 10.2 Å². The Labute approximate surface area is 202 Å². The van der Waals surface area contributed by atoms with Gasteiger partial charge in [-0.05, 0) is 57.7 Å². The quantitative estimate of drug-likeness (QED) is 0.427. The summed E-state index contributed by atoms with van der Waals surface area (Å²) in [6.45, 7) is 7.51. The lowest BCUT2D eigenvalue weighted by molar-refractivity contribution is -0.118. The van der Waals surface area contributed by atoms with Crippen LogP contribution in [0.3, 0.4) is 0 Å². The molecule has 0 saturated heterocycles. The van der Waals surface area contributed by atoms with Crippen LogP contribution in [0.4, 0.5) is 5.82 Å². The predicted octanol–water partition coefficient (Wildman–Crippen LogP) is 4.72. The number of benzene rings is 1. The van der Waals surface area contributed by atoms with Crippen molar-refractivity contribution in [1.29, 1.82) is 0 Å². The predicted molar refractivity (Wildman–Crippen MR) is 133 cm³/mol. The first-order valence-electron chi connectivity index (χ1n) is 11.6. The first kappa shape index (κ1) is 25.8. The summed E-state index contributed by atoms with van der Waals surface area (Å²) in [6, 6.07) is 6.60. The Morgan fingerprint density at radius 1 is 1.15 bits per heavy atom. The Hall–Kier alpha value is -2.81. The summed E-state index contributed by atoms with van der Waals surface area (Å²) in [5, 5.41) is 6.97. The van der Waals surface area contributed by atoms with Gasteiger partial charge in [-0.3, -0.25) is 4.79 Å². The van der Waals surface area contributed by atoms with Gasteiger partial charge >= 0.3 is 0 Å². The van der Waals surface area contributed by atoms with Crippen LogP contribution in [0.2, 0.25) is 0 Å². The van der Waals surface area contributed by atoms with Crippen molar-refractivity contribution in [1.82, 2.24) is 9.97 Å². The summed E-state index contributed by atoms with van der Waals surface area (Å²) in [7, 11) is -3.30. The van der Waals surface area contributed by atoms with Crippen molar-refractivity contribution in [3.8, 4) is 0 Å². The summed E-state index contributed by atoms with van der Waals surface area (Å²) in [4.78, 5) is 27.6. The topological polar surface area (TPSA) is 111 Å². The first-order chi connectivity index (χ1) is 15.9. The maximum atomic E-state index is 13.3. The van der Waals surface area contributed by atoms with Gasteiger partial charge in [-0.2, -0.15) is 0 Å². The standard InChI is InChI=1S/C25H34N4O4S/c1-17(29-33-25(2,3)4)22-15-27-23(16-26-22)28-24(30)21(14-18-8-6-7-9-18)19-10-12-20(13-11-19)34(5,31)32/h10-13,15-16,18,21H,6-9,14H2,1-5H3,(H,27,28,30)/b29-17-. The third-order valence-electron chi connectivity index (χ3n) is 5.80. The number of hydrogen-bond acceptors (Lipinski definition) is 7. The van der Waals surface area contributed by atoms with Crippen molar-refractivity contribution >= 4 is 27.3 Å². The number of carbonyl (C=O) groups excluding carboxylic acids is 1. The summed E-state index contributed by atoms with van der Waals surface area (Å²) in [5.41, 5.74) is 1.53. The Kier molecular flexibility index (Phi) is 8.07. The molecule has 0 radical (unpaired) electrons. The second-order valence-corrected chi connectivity index (χ2v) is 12.0. The third-order valence-corrected chi connectivity index (χ3v) is 6.93. The molecule has 34 heavy (non-hydrogen) atoms. The Morgan fingerprint density at radius 2 is 1.79 bits per heavy atom. The number of amides is 1. The molecule has 1 aromatic carbocycles. The minimum Gasteiger partial charge on any atom is -0.390 e. The van der Waals surface area contributed by atoms with E-state index in [1.54, 1.807) is 37.4 Å². The molecule has 1 fully saturated rings. The van der Waals surface area contributed by atoms with Crippen molar-refractivity contribution in [2.75, 3.05) is 11.6 Å². The van der Waals surface area contributed by atoms with Gasteiger partial charge in [0, 0.05) is 6.26 Å². The van der Waals surface area contributed by atoms with E-state index in [2.05, 4.69) is 20.4 Å². The lowest BCUT2D eigenvalue weighted by Gasteiger charge is -2.20. The number of carbonyl (C=O) groups is 1. The average Bonchev–Trinajstić information content (AvgIpc) is 3.28. The van der Waals surface area contributed by atoms with E-state index in [9.17, 15) is 13.2 Å². The van der Waals surface area contributed by atoms with E-state index in [0.717, 1.165) is 18.4 Å². The highest BCUT2D eigenvalue weighted by Gasteiger charge is 2.27. The smallest absolute Gasteiger partial charge is 0.233 e. The van der Waals surface area contributed by atoms with Gasteiger partial charge in [-0.25, -0.2) is 18.4 Å². The number of oxime groups is 1. The summed E-state index contributed by atoms with van der Waals surface area (Å²) in [6.07, 6.45) is 9.51. The molecule has 1 aliphatic carbocycles. The number of nitrogens with zero attached hydrogens (tertiary/aromatic N) is 3. The van der Waals surface area contributed by atoms with E-state index in [1.165, 1.54) is 25.3 Å². The number of anilines is 1. The second kappa shape index (κ2) is 10.6. The fourth-order valence-corrected chi connectivity index (χ4v) is 4.60. The number of rotatable bonds is 8. The van der Waals surface area contributed by atoms with Crippen LogP contribution >= 0.6 is 0 Å². The lowest BCUT2D eigenvalue weighted by Crippen LogP contribution is -2.24. The highest BCUT2D eigenvalue weighted by molar-refractivity contribution is 7.90. The highest BCUT2D eigenvalue weighted by Crippen LogP contribution is 2.35. The number of sulfone groups is 1. The van der Waals surface area contributed by atoms with Gasteiger partial charge in [0.1, 0.15) is 17.0 Å². The number of hydrogen-bond donors (Lipinski definition) is 1. The lowest BCUT2D eigenvalue weighted by atomic mass is 9.87. The summed E-state index contributed by atoms with van der Waals surface area (Å²) < 4.78 is 23.6. The van der Waals surface area contributed by atoms with E-state index in [4.69, 9.17) is 4.84 Å². The molecule has 1 aliphatic rings. The Balaban J connectivity index is 1.76. The van der Waals surface area contributed by atoms with Crippen LogP contribution in [0.15, 0.2) is 46.7 Å². The molecule has 0 aliphatic heterocycles. The maximum Gasteiger partial charge on any atom is 0.233 e. The molecule has 8 nitrogen and oxygen atoms in total. The molecule has 1 unspecified atom stereocenters. The number of aromatic nitrogens is 2. The normalized spacial score (nSPS) is 16.3. The van der Waals surface area contributed by atoms with Gasteiger partial charge in [-0.15, -0.1) is 0 Å². The number of nitrogens with one attached hydrogen (secondary N) is 1. The van der Waals surface area contributed by atoms with Crippen LogP contribution in [0, 0.1) is 5.92 Å². The molecule has 1 aromatic heterocycles. The van der Waals surface area contributed by atoms with E-state index >= 15 is 0 Å². The van der Waals surface area contributed by atoms with Crippen LogP contribution in [0.5, 0.6) is 0 Å². The minimum absolute atomic E-state index is 0.178. The van der Waals surface area contributed by atoms with Crippen LogP contribution in [-0.4, -0.2) is 41.9 Å². The molecule has 2 aromatic rings. The first-order valence-corrected chi connectivity index (χ1v) is 13.5. The SMILES string of the molecule is C/C(=N/OC(C)(C)C)c1cnc(NC(=O)C(CC2CCCC2)c2ccc(S(C)(=O)=O)cc2)cn1. The molecule has 1 heterocycles. The zero-order valence-electron chi connectivity index (χ0n) is 20.5. The molecule has 1 atom stereocenters. The van der Waals surface area contributed by atoms with Gasteiger partial charge in [0.15, 0.2) is 15.7 Å². The summed E-state index contributed by atoms with van der Waals surface area (Å²) >= 11 is 0. The van der Waals surface area contributed by atoms with Gasteiger partial charge in [0.05, 0.1) is 23.2 Å². The monoisotopic (exact) mass is 486 g/mol. The highest BCUT2D eigenvalue weighted by atomic mass is 32.2. The van der Waals surface area contributed by atoms with Crippen molar-refractivity contribution in [3.05, 3.63) is 47.9 Å². The molecular formula is C25H34N4O4S. The van der Waals surface area contributed by atoms with Crippen molar-refractivity contribution in [3.63, 3.8) is 0 Å². The molecule has 1 N–H and O–H groups in total. The van der Waals surface area contributed by atoms with Crippen molar-refractivity contribution in [2.45, 2.75) is 76.2 Å². The van der Waals surface area contributed by atoms with Gasteiger partial charge in [0.25, 0.3) is 0 Å². The second-order valence-electron chi connectivity index (χ2n) is 9.94. The molecule has 0 spiro atoms. The Bertz CT molecular complexity index is 1120. The molecule has 9 heteroatoms. The summed E-state index contributed by atoms with van der Waals surface area (Å²) in [5.74, 6) is 0.243. The van der Waals surface area contributed by atoms with Crippen LogP contribution < -0.4 is 5.32 Å². The van der Waals surface area contributed by atoms with E-state index in [0.29, 0.717) is 29.6 Å². The van der Waals surface area contributed by atoms with E-state index < -0.39 is 21.4 Å². The fraction of sp³-hybridized carbons (Fsp3) is 0.520. The van der Waals surface area contributed by atoms with Crippen LogP contribution in [0.1, 0.15) is 77.0 Å². The zero-order chi connectivity index (χ0) is 24.9. The molecule has 0 bridgehead atoms. The molecule has 184 valence electrons. The van der Waals surface area contributed by atoms with Gasteiger partial charge in [0.2, 0.25) is 5.91 Å². The molecule has 1 saturated carbocycles. The maximum absolute atomic E-state index is 13.3. The van der Waals surface area contributed by atoms with E-state index in [1.807, 2.05) is 20.8 Å². The third kappa shape index (κ3) is 7.35. The minimum atomic E-state index is -3.30.